The molecule has 0 saturated heterocycles. The summed E-state index contributed by atoms with van der Waals surface area (Å²) in [5.41, 5.74) is 3.75. The lowest BCUT2D eigenvalue weighted by atomic mass is 10.0. The number of carbonyl (C=O) groups is 1. The monoisotopic (exact) mass is 247 g/mol. The van der Waals surface area contributed by atoms with Gasteiger partial charge in [-0.15, -0.1) is 0 Å². The van der Waals surface area contributed by atoms with Crippen LogP contribution in [-0.4, -0.2) is 5.78 Å². The van der Waals surface area contributed by atoms with Crippen molar-refractivity contribution in [2.75, 3.05) is 0 Å². The van der Waals surface area contributed by atoms with E-state index >= 15 is 0 Å². The van der Waals surface area contributed by atoms with E-state index in [4.69, 9.17) is 5.26 Å². The van der Waals surface area contributed by atoms with Crippen LogP contribution in [0.4, 0.5) is 0 Å². The standard InChI is InChI=1S/C17H13NO/c1-13(19)5-6-14-3-2-4-17(11-14)16-9-7-15(12-18)8-10-16/h2-11H,1H3. The minimum Gasteiger partial charge on any atom is -0.295 e. The topological polar surface area (TPSA) is 40.9 Å². The first kappa shape index (κ1) is 12.8. The highest BCUT2D eigenvalue weighted by Gasteiger charge is 1.98. The number of hydrogen-bond donors (Lipinski definition) is 0. The largest absolute Gasteiger partial charge is 0.295 e. The van der Waals surface area contributed by atoms with Gasteiger partial charge in [0.25, 0.3) is 0 Å². The zero-order valence-electron chi connectivity index (χ0n) is 10.6. The number of ketones is 1. The molecule has 0 radical (unpaired) electrons. The summed E-state index contributed by atoms with van der Waals surface area (Å²) in [4.78, 5) is 10.9. The van der Waals surface area contributed by atoms with E-state index in [0.717, 1.165) is 16.7 Å². The Bertz CT molecular complexity index is 660. The number of nitrogens with zero attached hydrogens (tertiary/aromatic N) is 1. The summed E-state index contributed by atoms with van der Waals surface area (Å²) in [6.45, 7) is 1.53. The molecule has 0 atom stereocenters. The molecule has 2 rings (SSSR count). The minimum atomic E-state index is 0.0313. The predicted molar refractivity (Wildman–Crippen MR) is 76.3 cm³/mol. The molecule has 0 amide bonds. The van der Waals surface area contributed by atoms with Crippen molar-refractivity contribution in [1.82, 2.24) is 0 Å². The molecule has 0 N–H and O–H groups in total. The predicted octanol–water partition coefficient (Wildman–Crippen LogP) is 3.83. The molecule has 2 heteroatoms. The van der Waals surface area contributed by atoms with E-state index in [-0.39, 0.29) is 5.78 Å². The van der Waals surface area contributed by atoms with Gasteiger partial charge in [0.1, 0.15) is 0 Å². The van der Waals surface area contributed by atoms with Gasteiger partial charge in [0.15, 0.2) is 5.78 Å². The molecule has 0 aromatic heterocycles. The fourth-order valence-corrected chi connectivity index (χ4v) is 1.77. The third-order valence-corrected chi connectivity index (χ3v) is 2.74. The van der Waals surface area contributed by atoms with E-state index in [1.165, 1.54) is 6.92 Å². The third kappa shape index (κ3) is 3.40. The minimum absolute atomic E-state index is 0.0313. The Labute approximate surface area is 112 Å². The number of benzene rings is 2. The summed E-state index contributed by atoms with van der Waals surface area (Å²) in [5, 5.41) is 8.77. The van der Waals surface area contributed by atoms with Crippen LogP contribution in [0.2, 0.25) is 0 Å². The highest BCUT2D eigenvalue weighted by molar-refractivity contribution is 5.91. The molecule has 2 aromatic rings. The Hall–Kier alpha value is -2.66. The molecule has 19 heavy (non-hydrogen) atoms. The summed E-state index contributed by atoms with van der Waals surface area (Å²) >= 11 is 0. The quantitative estimate of drug-likeness (QED) is 0.773. The number of nitriles is 1. The fourth-order valence-electron chi connectivity index (χ4n) is 1.77. The Morgan fingerprint density at radius 1 is 1.11 bits per heavy atom. The third-order valence-electron chi connectivity index (χ3n) is 2.74. The van der Waals surface area contributed by atoms with Gasteiger partial charge in [0.2, 0.25) is 0 Å². The van der Waals surface area contributed by atoms with Crippen LogP contribution in [0.25, 0.3) is 17.2 Å². The normalized spacial score (nSPS) is 10.3. The van der Waals surface area contributed by atoms with Gasteiger partial charge >= 0.3 is 0 Å². The van der Waals surface area contributed by atoms with E-state index in [2.05, 4.69) is 6.07 Å². The molecule has 0 unspecified atom stereocenters. The fraction of sp³-hybridized carbons (Fsp3) is 0.0588. The van der Waals surface area contributed by atoms with Crippen molar-refractivity contribution < 1.29 is 4.79 Å². The number of hydrogen-bond acceptors (Lipinski definition) is 2. The van der Waals surface area contributed by atoms with Gasteiger partial charge in [-0.1, -0.05) is 36.4 Å². The van der Waals surface area contributed by atoms with Crippen LogP contribution < -0.4 is 0 Å². The molecule has 0 aliphatic carbocycles. The molecule has 2 nitrogen and oxygen atoms in total. The summed E-state index contributed by atoms with van der Waals surface area (Å²) in [6, 6.07) is 17.5. The number of carbonyl (C=O) groups excluding carboxylic acids is 1. The van der Waals surface area contributed by atoms with Crippen LogP contribution in [-0.2, 0) is 4.79 Å². The zero-order valence-corrected chi connectivity index (χ0v) is 10.6. The summed E-state index contributed by atoms with van der Waals surface area (Å²) in [7, 11) is 0. The molecule has 0 bridgehead atoms. The van der Waals surface area contributed by atoms with Crippen LogP contribution in [0.1, 0.15) is 18.1 Å². The van der Waals surface area contributed by atoms with Crippen molar-refractivity contribution in [2.45, 2.75) is 6.92 Å². The van der Waals surface area contributed by atoms with E-state index in [1.807, 2.05) is 36.4 Å². The van der Waals surface area contributed by atoms with Gasteiger partial charge in [0, 0.05) is 0 Å². The van der Waals surface area contributed by atoms with Crippen molar-refractivity contribution in [3.8, 4) is 17.2 Å². The number of allylic oxidation sites excluding steroid dienone is 1. The van der Waals surface area contributed by atoms with E-state index in [1.54, 1.807) is 24.3 Å². The van der Waals surface area contributed by atoms with Gasteiger partial charge < -0.3 is 0 Å². The van der Waals surface area contributed by atoms with Crippen molar-refractivity contribution in [3.05, 3.63) is 65.7 Å². The molecule has 0 aliphatic rings. The zero-order chi connectivity index (χ0) is 13.7. The first-order valence-electron chi connectivity index (χ1n) is 5.98. The molecular formula is C17H13NO. The lowest BCUT2D eigenvalue weighted by Gasteiger charge is -2.03. The van der Waals surface area contributed by atoms with E-state index in [9.17, 15) is 4.79 Å². The molecule has 0 fully saturated rings. The Morgan fingerprint density at radius 2 is 1.84 bits per heavy atom. The van der Waals surface area contributed by atoms with Crippen molar-refractivity contribution >= 4 is 11.9 Å². The van der Waals surface area contributed by atoms with Crippen LogP contribution in [0, 0.1) is 11.3 Å². The second-order valence-corrected chi connectivity index (χ2v) is 4.26. The van der Waals surface area contributed by atoms with Crippen LogP contribution in [0.3, 0.4) is 0 Å². The summed E-state index contributed by atoms with van der Waals surface area (Å²) in [5.74, 6) is 0.0313. The van der Waals surface area contributed by atoms with Gasteiger partial charge in [-0.2, -0.15) is 5.26 Å². The van der Waals surface area contributed by atoms with Crippen molar-refractivity contribution in [1.29, 1.82) is 5.26 Å². The molecule has 92 valence electrons. The first-order valence-corrected chi connectivity index (χ1v) is 5.98. The maximum absolute atomic E-state index is 10.9. The SMILES string of the molecule is CC(=O)C=Cc1cccc(-c2ccc(C#N)cc2)c1. The molecule has 0 saturated carbocycles. The Balaban J connectivity index is 2.32. The smallest absolute Gasteiger partial charge is 0.152 e. The van der Waals surface area contributed by atoms with Gasteiger partial charge in [-0.3, -0.25) is 4.79 Å². The Morgan fingerprint density at radius 3 is 2.47 bits per heavy atom. The highest BCUT2D eigenvalue weighted by Crippen LogP contribution is 2.21. The summed E-state index contributed by atoms with van der Waals surface area (Å²) in [6.07, 6.45) is 3.35. The average Bonchev–Trinajstić information content (AvgIpc) is 2.45. The van der Waals surface area contributed by atoms with E-state index < -0.39 is 0 Å². The second-order valence-electron chi connectivity index (χ2n) is 4.26. The molecule has 0 aliphatic heterocycles. The second kappa shape index (κ2) is 5.79. The van der Waals surface area contributed by atoms with Crippen LogP contribution in [0.15, 0.2) is 54.6 Å². The molecule has 0 heterocycles. The van der Waals surface area contributed by atoms with Gasteiger partial charge in [0.05, 0.1) is 11.6 Å². The maximum atomic E-state index is 10.9. The average molecular weight is 247 g/mol. The lowest BCUT2D eigenvalue weighted by molar-refractivity contribution is -0.112. The van der Waals surface area contributed by atoms with Gasteiger partial charge in [-0.25, -0.2) is 0 Å². The lowest BCUT2D eigenvalue weighted by Crippen LogP contribution is -1.82. The number of rotatable bonds is 3. The highest BCUT2D eigenvalue weighted by atomic mass is 16.1. The van der Waals surface area contributed by atoms with Crippen LogP contribution >= 0.6 is 0 Å². The van der Waals surface area contributed by atoms with Crippen molar-refractivity contribution in [3.63, 3.8) is 0 Å². The van der Waals surface area contributed by atoms with Gasteiger partial charge in [-0.05, 0) is 47.9 Å². The summed E-state index contributed by atoms with van der Waals surface area (Å²) < 4.78 is 0. The Kier molecular flexibility index (Phi) is 3.90. The maximum Gasteiger partial charge on any atom is 0.152 e. The van der Waals surface area contributed by atoms with Crippen molar-refractivity contribution in [2.24, 2.45) is 0 Å². The van der Waals surface area contributed by atoms with Crippen LogP contribution in [0.5, 0.6) is 0 Å². The molecular weight excluding hydrogens is 234 g/mol. The molecule has 0 spiro atoms. The van der Waals surface area contributed by atoms with E-state index in [0.29, 0.717) is 5.56 Å². The first-order chi connectivity index (χ1) is 9.19. The molecule has 2 aromatic carbocycles.